The molecule has 0 bridgehead atoms. The summed E-state index contributed by atoms with van der Waals surface area (Å²) in [6, 6.07) is 19.1. The topological polar surface area (TPSA) is 90.9 Å². The van der Waals surface area contributed by atoms with Crippen LogP contribution < -0.4 is 15.6 Å². The molecule has 0 unspecified atom stereocenters. The van der Waals surface area contributed by atoms with E-state index in [2.05, 4.69) is 15.7 Å². The number of carbonyl (C=O) groups is 3. The van der Waals surface area contributed by atoms with Crippen LogP contribution in [0.5, 0.6) is 0 Å². The van der Waals surface area contributed by atoms with Gasteiger partial charge >= 0.3 is 0 Å². The Hall–Kier alpha value is -3.78. The van der Waals surface area contributed by atoms with Gasteiger partial charge in [0.05, 0.1) is 17.0 Å². The highest BCUT2D eigenvalue weighted by Crippen LogP contribution is 2.20. The first-order valence-electron chi connectivity index (χ1n) is 8.82. The molecular formula is C21H16N4O3S. The van der Waals surface area contributed by atoms with Crippen molar-refractivity contribution in [3.05, 3.63) is 82.6 Å². The molecule has 7 nitrogen and oxygen atoms in total. The van der Waals surface area contributed by atoms with Crippen molar-refractivity contribution in [3.63, 3.8) is 0 Å². The van der Waals surface area contributed by atoms with E-state index in [0.717, 1.165) is 0 Å². The number of hydrazone groups is 1. The Morgan fingerprint density at radius 1 is 0.931 bits per heavy atom. The molecule has 8 heteroatoms. The lowest BCUT2D eigenvalue weighted by Gasteiger charge is -2.10. The molecule has 0 aliphatic carbocycles. The second-order valence-corrected chi connectivity index (χ2v) is 7.18. The van der Waals surface area contributed by atoms with Crippen LogP contribution in [-0.4, -0.2) is 23.6 Å². The standard InChI is InChI=1S/C21H16N4O3S/c26-19-13-18(24-25(19)16-8-2-1-3-9-16)23-20(27)14-6-4-7-15(12-14)22-21(28)17-10-5-11-29-17/h1-12H,13H2,(H,22,28)(H,23,24,27). The van der Waals surface area contributed by atoms with Crippen LogP contribution in [0.1, 0.15) is 26.5 Å². The Balaban J connectivity index is 1.45. The molecule has 4 rings (SSSR count). The Morgan fingerprint density at radius 3 is 2.52 bits per heavy atom. The van der Waals surface area contributed by atoms with Gasteiger partial charge in [0.2, 0.25) is 0 Å². The van der Waals surface area contributed by atoms with Gasteiger partial charge in [-0.25, -0.2) is 0 Å². The SMILES string of the molecule is O=C(NC1=NN(c2ccccc2)C(=O)C1)c1cccc(NC(=O)c2cccs2)c1. The Bertz CT molecular complexity index is 1090. The van der Waals surface area contributed by atoms with E-state index in [4.69, 9.17) is 0 Å². The van der Waals surface area contributed by atoms with Crippen LogP contribution in [0.15, 0.2) is 77.2 Å². The largest absolute Gasteiger partial charge is 0.321 e. The van der Waals surface area contributed by atoms with Crippen molar-refractivity contribution in [1.82, 2.24) is 5.32 Å². The lowest BCUT2D eigenvalue weighted by Crippen LogP contribution is -2.29. The zero-order chi connectivity index (χ0) is 20.2. The maximum Gasteiger partial charge on any atom is 0.265 e. The minimum atomic E-state index is -0.404. The molecule has 1 aliphatic heterocycles. The van der Waals surface area contributed by atoms with E-state index in [1.807, 2.05) is 23.6 Å². The zero-order valence-corrected chi connectivity index (χ0v) is 16.0. The van der Waals surface area contributed by atoms with Gasteiger partial charge in [-0.2, -0.15) is 10.1 Å². The molecule has 0 radical (unpaired) electrons. The van der Waals surface area contributed by atoms with Crippen LogP contribution in [0.4, 0.5) is 11.4 Å². The van der Waals surface area contributed by atoms with Crippen LogP contribution in [0.25, 0.3) is 0 Å². The highest BCUT2D eigenvalue weighted by atomic mass is 32.1. The van der Waals surface area contributed by atoms with Gasteiger partial charge in [-0.05, 0) is 41.8 Å². The molecule has 144 valence electrons. The molecule has 0 spiro atoms. The highest BCUT2D eigenvalue weighted by Gasteiger charge is 2.26. The number of anilines is 2. The Morgan fingerprint density at radius 2 is 1.76 bits per heavy atom. The quantitative estimate of drug-likeness (QED) is 0.697. The predicted octanol–water partition coefficient (Wildman–Crippen LogP) is 3.48. The number of benzene rings is 2. The van der Waals surface area contributed by atoms with Crippen molar-refractivity contribution in [3.8, 4) is 0 Å². The maximum atomic E-state index is 12.6. The predicted molar refractivity (Wildman–Crippen MR) is 112 cm³/mol. The molecule has 2 N–H and O–H groups in total. The average molecular weight is 404 g/mol. The zero-order valence-electron chi connectivity index (χ0n) is 15.2. The summed E-state index contributed by atoms with van der Waals surface area (Å²) in [4.78, 5) is 37.6. The smallest absolute Gasteiger partial charge is 0.265 e. The average Bonchev–Trinajstić information content (AvgIpc) is 3.39. The van der Waals surface area contributed by atoms with Crippen molar-refractivity contribution in [2.45, 2.75) is 6.42 Å². The second-order valence-electron chi connectivity index (χ2n) is 6.23. The van der Waals surface area contributed by atoms with Gasteiger partial charge < -0.3 is 10.6 Å². The molecule has 2 aromatic carbocycles. The van der Waals surface area contributed by atoms with Gasteiger partial charge in [-0.1, -0.05) is 30.3 Å². The van der Waals surface area contributed by atoms with E-state index >= 15 is 0 Å². The highest BCUT2D eigenvalue weighted by molar-refractivity contribution is 7.12. The van der Waals surface area contributed by atoms with Gasteiger partial charge in [0.1, 0.15) is 5.84 Å². The van der Waals surface area contributed by atoms with Crippen LogP contribution >= 0.6 is 11.3 Å². The van der Waals surface area contributed by atoms with Crippen molar-refractivity contribution in [1.29, 1.82) is 0 Å². The Labute approximate surface area is 170 Å². The van der Waals surface area contributed by atoms with Crippen molar-refractivity contribution >= 4 is 46.3 Å². The molecule has 3 aromatic rings. The molecule has 0 atom stereocenters. The maximum absolute atomic E-state index is 12.6. The fourth-order valence-corrected chi connectivity index (χ4v) is 3.43. The first kappa shape index (κ1) is 18.6. The van der Waals surface area contributed by atoms with E-state index in [9.17, 15) is 14.4 Å². The van der Waals surface area contributed by atoms with Crippen LogP contribution in [0.2, 0.25) is 0 Å². The third kappa shape index (κ3) is 4.22. The van der Waals surface area contributed by atoms with Crippen LogP contribution in [0.3, 0.4) is 0 Å². The molecule has 1 aliphatic rings. The van der Waals surface area contributed by atoms with E-state index in [-0.39, 0.29) is 24.1 Å². The number of amidine groups is 1. The van der Waals surface area contributed by atoms with Crippen LogP contribution in [0, 0.1) is 0 Å². The number of hydrogen-bond acceptors (Lipinski definition) is 5. The number of para-hydroxylation sites is 1. The molecule has 0 saturated carbocycles. The first-order chi connectivity index (χ1) is 14.1. The summed E-state index contributed by atoms with van der Waals surface area (Å²) < 4.78 is 0. The van der Waals surface area contributed by atoms with E-state index in [0.29, 0.717) is 21.8 Å². The summed E-state index contributed by atoms with van der Waals surface area (Å²) in [5, 5.41) is 12.7. The fourth-order valence-electron chi connectivity index (χ4n) is 2.81. The van der Waals surface area contributed by atoms with Gasteiger partial charge in [-0.3, -0.25) is 14.4 Å². The molecule has 0 fully saturated rings. The first-order valence-corrected chi connectivity index (χ1v) is 9.70. The summed E-state index contributed by atoms with van der Waals surface area (Å²) in [6.07, 6.45) is 0.00936. The van der Waals surface area contributed by atoms with Gasteiger partial charge in [0, 0.05) is 11.3 Å². The monoisotopic (exact) mass is 404 g/mol. The van der Waals surface area contributed by atoms with Crippen LogP contribution in [-0.2, 0) is 4.79 Å². The summed E-state index contributed by atoms with van der Waals surface area (Å²) in [5.41, 5.74) is 1.49. The molecule has 1 aromatic heterocycles. The lowest BCUT2D eigenvalue weighted by atomic mass is 10.2. The minimum absolute atomic E-state index is 0.00936. The molecule has 29 heavy (non-hydrogen) atoms. The summed E-state index contributed by atoms with van der Waals surface area (Å²) in [5.74, 6) is -0.583. The van der Waals surface area contributed by atoms with Crippen molar-refractivity contribution in [2.24, 2.45) is 5.10 Å². The molecule has 2 heterocycles. The second kappa shape index (κ2) is 8.07. The minimum Gasteiger partial charge on any atom is -0.321 e. The van der Waals surface area contributed by atoms with Gasteiger partial charge in [-0.15, -0.1) is 11.3 Å². The van der Waals surface area contributed by atoms with Crippen molar-refractivity contribution in [2.75, 3.05) is 10.3 Å². The third-order valence-corrected chi connectivity index (χ3v) is 5.03. The van der Waals surface area contributed by atoms with E-state index in [1.54, 1.807) is 48.5 Å². The number of carbonyl (C=O) groups excluding carboxylic acids is 3. The third-order valence-electron chi connectivity index (χ3n) is 4.16. The molecule has 3 amide bonds. The number of nitrogens with zero attached hydrogens (tertiary/aromatic N) is 2. The molecule has 0 saturated heterocycles. The molecular weight excluding hydrogens is 388 g/mol. The number of rotatable bonds is 4. The normalized spacial score (nSPS) is 13.2. The Kier molecular flexibility index (Phi) is 5.17. The number of hydrogen-bond donors (Lipinski definition) is 2. The summed E-state index contributed by atoms with van der Waals surface area (Å²) in [7, 11) is 0. The fraction of sp³-hybridized carbons (Fsp3) is 0.0476. The van der Waals surface area contributed by atoms with Gasteiger partial charge in [0.15, 0.2) is 0 Å². The van der Waals surface area contributed by atoms with Gasteiger partial charge in [0.25, 0.3) is 17.7 Å². The lowest BCUT2D eigenvalue weighted by molar-refractivity contribution is -0.116. The van der Waals surface area contributed by atoms with Crippen molar-refractivity contribution < 1.29 is 14.4 Å². The number of amides is 3. The van der Waals surface area contributed by atoms with E-state index in [1.165, 1.54) is 16.3 Å². The number of nitrogens with one attached hydrogen (secondary N) is 2. The summed E-state index contributed by atoms with van der Waals surface area (Å²) >= 11 is 1.34. The number of thiophene rings is 1. The van der Waals surface area contributed by atoms with E-state index < -0.39 is 5.91 Å². The summed E-state index contributed by atoms with van der Waals surface area (Å²) in [6.45, 7) is 0.